The molecule has 1 amide bonds. The van der Waals surface area contributed by atoms with Crippen LogP contribution < -0.4 is 0 Å². The predicted octanol–water partition coefficient (Wildman–Crippen LogP) is 3.85. The lowest BCUT2D eigenvalue weighted by molar-refractivity contribution is 0.102. The summed E-state index contributed by atoms with van der Waals surface area (Å²) in [4.78, 5) is 13.8. The Labute approximate surface area is 119 Å². The van der Waals surface area contributed by atoms with Gasteiger partial charge in [-0.1, -0.05) is 60.7 Å². The van der Waals surface area contributed by atoms with Crippen LogP contribution in [0.25, 0.3) is 0 Å². The SMILES string of the molecule is CCOC(=O)N(Cc1ccccc1)Cc1ccccc1. The van der Waals surface area contributed by atoms with Crippen molar-refractivity contribution in [2.24, 2.45) is 0 Å². The molecule has 0 N–H and O–H groups in total. The van der Waals surface area contributed by atoms with Gasteiger partial charge in [-0.2, -0.15) is 0 Å². The molecule has 3 heteroatoms. The van der Waals surface area contributed by atoms with Crippen molar-refractivity contribution in [1.82, 2.24) is 4.90 Å². The predicted molar refractivity (Wildman–Crippen MR) is 79.2 cm³/mol. The van der Waals surface area contributed by atoms with Gasteiger partial charge in [0.2, 0.25) is 0 Å². The van der Waals surface area contributed by atoms with E-state index in [1.807, 2.05) is 67.6 Å². The molecule has 2 aromatic rings. The maximum Gasteiger partial charge on any atom is 0.410 e. The number of amides is 1. The van der Waals surface area contributed by atoms with E-state index in [1.54, 1.807) is 4.90 Å². The van der Waals surface area contributed by atoms with E-state index in [1.165, 1.54) is 0 Å². The Balaban J connectivity index is 2.10. The Morgan fingerprint density at radius 2 is 1.35 bits per heavy atom. The third-order valence-corrected chi connectivity index (χ3v) is 2.96. The Hall–Kier alpha value is -2.29. The molecule has 0 radical (unpaired) electrons. The van der Waals surface area contributed by atoms with Crippen molar-refractivity contribution in [3.63, 3.8) is 0 Å². The van der Waals surface area contributed by atoms with E-state index in [0.29, 0.717) is 19.7 Å². The largest absolute Gasteiger partial charge is 0.450 e. The van der Waals surface area contributed by atoms with Gasteiger partial charge in [0.15, 0.2) is 0 Å². The summed E-state index contributed by atoms with van der Waals surface area (Å²) in [6, 6.07) is 19.9. The summed E-state index contributed by atoms with van der Waals surface area (Å²) < 4.78 is 5.14. The second kappa shape index (κ2) is 7.34. The summed E-state index contributed by atoms with van der Waals surface area (Å²) in [7, 11) is 0. The topological polar surface area (TPSA) is 29.5 Å². The normalized spacial score (nSPS) is 10.1. The van der Waals surface area contributed by atoms with E-state index in [2.05, 4.69) is 0 Å². The van der Waals surface area contributed by atoms with Crippen molar-refractivity contribution in [3.8, 4) is 0 Å². The molecule has 2 rings (SSSR count). The molecule has 0 atom stereocenters. The number of carbonyl (C=O) groups excluding carboxylic acids is 1. The summed E-state index contributed by atoms with van der Waals surface area (Å²) in [6.07, 6.45) is -0.278. The first-order chi connectivity index (χ1) is 9.79. The smallest absolute Gasteiger partial charge is 0.410 e. The standard InChI is InChI=1S/C17H19NO2/c1-2-20-17(19)18(13-15-9-5-3-6-10-15)14-16-11-7-4-8-12-16/h3-12H,2,13-14H2,1H3. The first kappa shape index (κ1) is 14.1. The number of nitrogens with zero attached hydrogens (tertiary/aromatic N) is 1. The molecule has 0 aliphatic carbocycles. The number of benzene rings is 2. The molecule has 2 aromatic carbocycles. The highest BCUT2D eigenvalue weighted by atomic mass is 16.6. The van der Waals surface area contributed by atoms with Crippen LogP contribution in [0, 0.1) is 0 Å². The first-order valence-corrected chi connectivity index (χ1v) is 6.79. The maximum absolute atomic E-state index is 12.1. The lowest BCUT2D eigenvalue weighted by Crippen LogP contribution is -2.30. The van der Waals surface area contributed by atoms with Crippen LogP contribution >= 0.6 is 0 Å². The highest BCUT2D eigenvalue weighted by Crippen LogP contribution is 2.11. The monoisotopic (exact) mass is 269 g/mol. The zero-order valence-corrected chi connectivity index (χ0v) is 11.7. The Kier molecular flexibility index (Phi) is 5.18. The molecule has 0 spiro atoms. The van der Waals surface area contributed by atoms with Gasteiger partial charge in [0, 0.05) is 13.1 Å². The molecule has 0 bridgehead atoms. The van der Waals surface area contributed by atoms with Crippen LogP contribution in [0.2, 0.25) is 0 Å². The van der Waals surface area contributed by atoms with Gasteiger partial charge in [-0.05, 0) is 18.1 Å². The average Bonchev–Trinajstić information content (AvgIpc) is 2.49. The van der Waals surface area contributed by atoms with Crippen molar-refractivity contribution in [2.45, 2.75) is 20.0 Å². The van der Waals surface area contributed by atoms with E-state index in [-0.39, 0.29) is 6.09 Å². The quantitative estimate of drug-likeness (QED) is 0.825. The van der Waals surface area contributed by atoms with Gasteiger partial charge in [0.1, 0.15) is 0 Å². The van der Waals surface area contributed by atoms with E-state index < -0.39 is 0 Å². The van der Waals surface area contributed by atoms with Crippen molar-refractivity contribution in [2.75, 3.05) is 6.61 Å². The Morgan fingerprint density at radius 1 is 0.900 bits per heavy atom. The maximum atomic E-state index is 12.1. The first-order valence-electron chi connectivity index (χ1n) is 6.79. The minimum absolute atomic E-state index is 0.278. The molecule has 20 heavy (non-hydrogen) atoms. The number of hydrogen-bond acceptors (Lipinski definition) is 2. The zero-order valence-electron chi connectivity index (χ0n) is 11.7. The summed E-state index contributed by atoms with van der Waals surface area (Å²) in [5.74, 6) is 0. The van der Waals surface area contributed by atoms with Crippen molar-refractivity contribution in [3.05, 3.63) is 71.8 Å². The van der Waals surface area contributed by atoms with Gasteiger partial charge in [-0.15, -0.1) is 0 Å². The van der Waals surface area contributed by atoms with Crippen LogP contribution in [0.15, 0.2) is 60.7 Å². The van der Waals surface area contributed by atoms with E-state index in [9.17, 15) is 4.79 Å². The number of hydrogen-bond donors (Lipinski definition) is 0. The van der Waals surface area contributed by atoms with Gasteiger partial charge < -0.3 is 4.74 Å². The van der Waals surface area contributed by atoms with Gasteiger partial charge in [-0.25, -0.2) is 4.79 Å². The number of rotatable bonds is 5. The molecule has 3 nitrogen and oxygen atoms in total. The number of ether oxygens (including phenoxy) is 1. The summed E-state index contributed by atoms with van der Waals surface area (Å²) in [6.45, 7) is 3.31. The van der Waals surface area contributed by atoms with Crippen LogP contribution in [0.1, 0.15) is 18.1 Å². The fraction of sp³-hybridized carbons (Fsp3) is 0.235. The third-order valence-electron chi connectivity index (χ3n) is 2.96. The lowest BCUT2D eigenvalue weighted by Gasteiger charge is -2.22. The fourth-order valence-corrected chi connectivity index (χ4v) is 2.01. The second-order valence-corrected chi connectivity index (χ2v) is 4.53. The lowest BCUT2D eigenvalue weighted by atomic mass is 10.2. The van der Waals surface area contributed by atoms with Crippen LogP contribution in [-0.4, -0.2) is 17.6 Å². The van der Waals surface area contributed by atoms with Gasteiger partial charge >= 0.3 is 6.09 Å². The van der Waals surface area contributed by atoms with Crippen molar-refractivity contribution in [1.29, 1.82) is 0 Å². The van der Waals surface area contributed by atoms with Crippen molar-refractivity contribution < 1.29 is 9.53 Å². The van der Waals surface area contributed by atoms with Crippen molar-refractivity contribution >= 4 is 6.09 Å². The molecule has 104 valence electrons. The summed E-state index contributed by atoms with van der Waals surface area (Å²) in [5, 5.41) is 0. The van der Waals surface area contributed by atoms with Gasteiger partial charge in [0.05, 0.1) is 6.61 Å². The average molecular weight is 269 g/mol. The molecule has 0 saturated carbocycles. The van der Waals surface area contributed by atoms with E-state index >= 15 is 0 Å². The molecule has 0 fully saturated rings. The van der Waals surface area contributed by atoms with Crippen LogP contribution in [0.3, 0.4) is 0 Å². The molecule has 0 heterocycles. The van der Waals surface area contributed by atoms with Gasteiger partial charge in [0.25, 0.3) is 0 Å². The summed E-state index contributed by atoms with van der Waals surface area (Å²) in [5.41, 5.74) is 2.19. The zero-order chi connectivity index (χ0) is 14.2. The fourth-order valence-electron chi connectivity index (χ4n) is 2.01. The molecule has 0 saturated heterocycles. The van der Waals surface area contributed by atoms with Gasteiger partial charge in [-0.3, -0.25) is 4.90 Å². The molecule has 0 unspecified atom stereocenters. The molecule has 0 aliphatic heterocycles. The van der Waals surface area contributed by atoms with Crippen LogP contribution in [0.4, 0.5) is 4.79 Å². The van der Waals surface area contributed by atoms with Crippen LogP contribution in [0.5, 0.6) is 0 Å². The minimum atomic E-state index is -0.278. The molecule has 0 aromatic heterocycles. The Bertz CT molecular complexity index is 484. The molecule has 0 aliphatic rings. The minimum Gasteiger partial charge on any atom is -0.450 e. The molecular formula is C17H19NO2. The van der Waals surface area contributed by atoms with E-state index in [0.717, 1.165) is 11.1 Å². The van der Waals surface area contributed by atoms with E-state index in [4.69, 9.17) is 4.74 Å². The highest BCUT2D eigenvalue weighted by Gasteiger charge is 2.15. The third kappa shape index (κ3) is 4.12. The second-order valence-electron chi connectivity index (χ2n) is 4.53. The Morgan fingerprint density at radius 3 is 1.75 bits per heavy atom. The molecular weight excluding hydrogens is 250 g/mol. The highest BCUT2D eigenvalue weighted by molar-refractivity contribution is 5.67. The van der Waals surface area contributed by atoms with Crippen LogP contribution in [-0.2, 0) is 17.8 Å². The number of carbonyl (C=O) groups is 1. The summed E-state index contributed by atoms with van der Waals surface area (Å²) >= 11 is 0.